The van der Waals surface area contributed by atoms with Gasteiger partial charge in [-0.1, -0.05) is 27.7 Å². The molecule has 76 valence electrons. The smallest absolute Gasteiger partial charge is 0.0488 e. The van der Waals surface area contributed by atoms with Crippen LogP contribution >= 0.6 is 22.7 Å². The predicted octanol–water partition coefficient (Wildman–Crippen LogP) is 5.21. The molecule has 0 nitrogen and oxygen atoms in total. The van der Waals surface area contributed by atoms with E-state index in [2.05, 4.69) is 39.1 Å². The molecule has 0 saturated heterocycles. The highest BCUT2D eigenvalue weighted by molar-refractivity contribution is 7.27. The van der Waals surface area contributed by atoms with Crippen LogP contribution in [-0.2, 0) is 0 Å². The summed E-state index contributed by atoms with van der Waals surface area (Å²) in [5.74, 6) is 1.32. The zero-order valence-electron chi connectivity index (χ0n) is 9.13. The Labute approximate surface area is 93.6 Å². The third-order valence-electron chi connectivity index (χ3n) is 2.48. The highest BCUT2D eigenvalue weighted by Crippen LogP contribution is 2.39. The van der Waals surface area contributed by atoms with Crippen LogP contribution in [0.2, 0.25) is 0 Å². The van der Waals surface area contributed by atoms with Gasteiger partial charge in [0.15, 0.2) is 0 Å². The van der Waals surface area contributed by atoms with Crippen LogP contribution in [0, 0.1) is 0 Å². The maximum atomic E-state index is 2.36. The van der Waals surface area contributed by atoms with E-state index in [0.29, 0.717) is 11.8 Å². The molecule has 0 N–H and O–H groups in total. The molecule has 2 aromatic rings. The van der Waals surface area contributed by atoms with Gasteiger partial charge in [-0.15, -0.1) is 22.7 Å². The second kappa shape index (κ2) is 3.67. The Kier molecular flexibility index (Phi) is 2.67. The summed E-state index contributed by atoms with van der Waals surface area (Å²) < 4.78 is 3.00. The summed E-state index contributed by atoms with van der Waals surface area (Å²) in [6.07, 6.45) is 0. The number of fused-ring (bicyclic) bond motifs is 1. The first-order chi connectivity index (χ1) is 6.59. The molecular formula is C12H16S2. The van der Waals surface area contributed by atoms with Gasteiger partial charge in [-0.05, 0) is 28.8 Å². The van der Waals surface area contributed by atoms with Crippen LogP contribution in [0.3, 0.4) is 0 Å². The second-order valence-corrected chi connectivity index (χ2v) is 6.34. The fourth-order valence-electron chi connectivity index (χ4n) is 1.54. The maximum Gasteiger partial charge on any atom is 0.0488 e. The molecule has 0 amide bonds. The molecule has 2 heteroatoms. The van der Waals surface area contributed by atoms with Crippen molar-refractivity contribution in [3.8, 4) is 0 Å². The zero-order valence-corrected chi connectivity index (χ0v) is 10.8. The lowest BCUT2D eigenvalue weighted by Gasteiger charge is -2.00. The van der Waals surface area contributed by atoms with E-state index in [0.717, 1.165) is 0 Å². The number of hydrogen-bond acceptors (Lipinski definition) is 2. The van der Waals surface area contributed by atoms with Crippen LogP contribution in [0.15, 0.2) is 11.4 Å². The first kappa shape index (κ1) is 10.2. The minimum atomic E-state index is 0.655. The van der Waals surface area contributed by atoms with E-state index in [9.17, 15) is 0 Å². The van der Waals surface area contributed by atoms with Crippen LogP contribution in [0.4, 0.5) is 0 Å². The third kappa shape index (κ3) is 1.61. The molecule has 0 aromatic carbocycles. The Morgan fingerprint density at radius 2 is 1.79 bits per heavy atom. The van der Waals surface area contributed by atoms with Gasteiger partial charge in [-0.2, -0.15) is 0 Å². The monoisotopic (exact) mass is 224 g/mol. The summed E-state index contributed by atoms with van der Waals surface area (Å²) in [6, 6.07) is 2.36. The van der Waals surface area contributed by atoms with Gasteiger partial charge >= 0.3 is 0 Å². The minimum absolute atomic E-state index is 0.655. The van der Waals surface area contributed by atoms with Gasteiger partial charge in [0.25, 0.3) is 0 Å². The lowest BCUT2D eigenvalue weighted by Crippen LogP contribution is -1.81. The molecule has 14 heavy (non-hydrogen) atoms. The van der Waals surface area contributed by atoms with Gasteiger partial charge in [-0.3, -0.25) is 0 Å². The van der Waals surface area contributed by atoms with Crippen molar-refractivity contribution in [2.45, 2.75) is 39.5 Å². The maximum absolute atomic E-state index is 2.36. The normalized spacial score (nSPS) is 12.1. The Morgan fingerprint density at radius 1 is 1.07 bits per heavy atom. The van der Waals surface area contributed by atoms with Crippen LogP contribution in [-0.4, -0.2) is 0 Å². The quantitative estimate of drug-likeness (QED) is 0.657. The highest BCUT2D eigenvalue weighted by Gasteiger charge is 2.12. The van der Waals surface area contributed by atoms with Gasteiger partial charge in [0, 0.05) is 14.3 Å². The van der Waals surface area contributed by atoms with Crippen molar-refractivity contribution < 1.29 is 0 Å². The average Bonchev–Trinajstić information content (AvgIpc) is 2.58. The van der Waals surface area contributed by atoms with E-state index < -0.39 is 0 Å². The Balaban J connectivity index is 2.56. The van der Waals surface area contributed by atoms with E-state index in [1.165, 1.54) is 19.8 Å². The zero-order chi connectivity index (χ0) is 10.3. The molecule has 0 atom stereocenters. The molecule has 0 saturated carbocycles. The van der Waals surface area contributed by atoms with Crippen LogP contribution in [0.25, 0.3) is 9.40 Å². The Hall–Kier alpha value is -0.340. The van der Waals surface area contributed by atoms with Crippen molar-refractivity contribution in [3.63, 3.8) is 0 Å². The molecular weight excluding hydrogens is 208 g/mol. The molecule has 2 aromatic heterocycles. The number of thiophene rings is 2. The predicted molar refractivity (Wildman–Crippen MR) is 67.9 cm³/mol. The molecule has 0 aliphatic heterocycles. The molecule has 2 rings (SSSR count). The summed E-state index contributed by atoms with van der Waals surface area (Å²) in [4.78, 5) is 1.52. The van der Waals surface area contributed by atoms with Crippen molar-refractivity contribution in [2.24, 2.45) is 0 Å². The fraction of sp³-hybridized carbons (Fsp3) is 0.500. The van der Waals surface area contributed by atoms with Crippen LogP contribution < -0.4 is 0 Å². The Morgan fingerprint density at radius 3 is 2.36 bits per heavy atom. The molecule has 0 aliphatic rings. The number of rotatable bonds is 2. The summed E-state index contributed by atoms with van der Waals surface area (Å²) in [6.45, 7) is 9.08. The number of hydrogen-bond donors (Lipinski definition) is 0. The van der Waals surface area contributed by atoms with Gasteiger partial charge in [0.1, 0.15) is 0 Å². The van der Waals surface area contributed by atoms with Crippen molar-refractivity contribution in [1.82, 2.24) is 0 Å². The van der Waals surface area contributed by atoms with Gasteiger partial charge in [0.05, 0.1) is 0 Å². The van der Waals surface area contributed by atoms with Crippen molar-refractivity contribution in [2.75, 3.05) is 0 Å². The van der Waals surface area contributed by atoms with Crippen molar-refractivity contribution >= 4 is 32.1 Å². The summed E-state index contributed by atoms with van der Waals surface area (Å²) in [7, 11) is 0. The van der Waals surface area contributed by atoms with E-state index >= 15 is 0 Å². The van der Waals surface area contributed by atoms with Crippen LogP contribution in [0.5, 0.6) is 0 Å². The SMILES string of the molecule is CC(C)c1cc2scc(C(C)C)c2s1. The average molecular weight is 224 g/mol. The van der Waals surface area contributed by atoms with Crippen molar-refractivity contribution in [3.05, 3.63) is 21.9 Å². The molecule has 0 bridgehead atoms. The molecule has 0 unspecified atom stereocenters. The standard InChI is InChI=1S/C12H16S2/c1-7(2)9-6-13-11-5-10(8(3)4)14-12(9)11/h5-8H,1-4H3. The van der Waals surface area contributed by atoms with Gasteiger partial charge < -0.3 is 0 Å². The van der Waals surface area contributed by atoms with Gasteiger partial charge in [0.2, 0.25) is 0 Å². The first-order valence-electron chi connectivity index (χ1n) is 5.10. The second-order valence-electron chi connectivity index (χ2n) is 4.34. The van der Waals surface area contributed by atoms with Crippen LogP contribution in [0.1, 0.15) is 50.0 Å². The lowest BCUT2D eigenvalue weighted by molar-refractivity contribution is 0.882. The van der Waals surface area contributed by atoms with Gasteiger partial charge in [-0.25, -0.2) is 0 Å². The van der Waals surface area contributed by atoms with E-state index in [1.54, 1.807) is 0 Å². The lowest BCUT2D eigenvalue weighted by atomic mass is 10.1. The fourth-order valence-corrected chi connectivity index (χ4v) is 4.25. The molecule has 2 heterocycles. The topological polar surface area (TPSA) is 0 Å². The van der Waals surface area contributed by atoms with E-state index in [-0.39, 0.29) is 0 Å². The largest absolute Gasteiger partial charge is 0.143 e. The summed E-state index contributed by atoms with van der Waals surface area (Å²) >= 11 is 3.87. The summed E-state index contributed by atoms with van der Waals surface area (Å²) in [5.41, 5.74) is 1.53. The van der Waals surface area contributed by atoms with E-state index in [1.807, 2.05) is 22.7 Å². The Bertz CT molecular complexity index is 432. The minimum Gasteiger partial charge on any atom is -0.143 e. The first-order valence-corrected chi connectivity index (χ1v) is 6.80. The van der Waals surface area contributed by atoms with E-state index in [4.69, 9.17) is 0 Å². The summed E-state index contributed by atoms with van der Waals surface area (Å²) in [5, 5.41) is 2.32. The third-order valence-corrected chi connectivity index (χ3v) is 5.04. The van der Waals surface area contributed by atoms with Crippen molar-refractivity contribution in [1.29, 1.82) is 0 Å². The molecule has 0 aliphatic carbocycles. The molecule has 0 spiro atoms. The molecule has 0 radical (unpaired) electrons. The molecule has 0 fully saturated rings. The highest BCUT2D eigenvalue weighted by atomic mass is 32.1.